The quantitative estimate of drug-likeness (QED) is 0.588. The van der Waals surface area contributed by atoms with Crippen LogP contribution in [0.1, 0.15) is 13.3 Å². The average Bonchev–Trinajstić information content (AvgIpc) is 2.61. The SMILES string of the molecule is CCN1CCN(CCCOc2ccccc2F)CC1.O=C(O)C(=O)O. The van der Waals surface area contributed by atoms with E-state index in [-0.39, 0.29) is 5.82 Å². The Kier molecular flexibility index (Phi) is 9.49. The van der Waals surface area contributed by atoms with E-state index in [2.05, 4.69) is 16.7 Å². The van der Waals surface area contributed by atoms with Crippen LogP contribution in [0, 0.1) is 5.82 Å². The van der Waals surface area contributed by atoms with Crippen LogP contribution in [0.2, 0.25) is 0 Å². The Labute approximate surface area is 146 Å². The number of nitrogens with zero attached hydrogens (tertiary/aromatic N) is 2. The number of likely N-dealkylation sites (N-methyl/N-ethyl adjacent to an activating group) is 1. The van der Waals surface area contributed by atoms with Gasteiger partial charge in [0.1, 0.15) is 0 Å². The average molecular weight is 356 g/mol. The van der Waals surface area contributed by atoms with Gasteiger partial charge in [0.25, 0.3) is 0 Å². The number of para-hydroxylation sites is 1. The van der Waals surface area contributed by atoms with Gasteiger partial charge in [-0.25, -0.2) is 14.0 Å². The number of carboxylic acid groups (broad SMARTS) is 2. The fourth-order valence-corrected chi connectivity index (χ4v) is 2.36. The van der Waals surface area contributed by atoms with Crippen LogP contribution in [0.3, 0.4) is 0 Å². The van der Waals surface area contributed by atoms with E-state index < -0.39 is 11.9 Å². The molecule has 0 saturated carbocycles. The van der Waals surface area contributed by atoms with Crippen molar-refractivity contribution in [3.63, 3.8) is 0 Å². The van der Waals surface area contributed by atoms with Gasteiger partial charge in [0.2, 0.25) is 0 Å². The molecule has 1 aliphatic heterocycles. The third-order valence-corrected chi connectivity index (χ3v) is 3.81. The number of halogens is 1. The Balaban J connectivity index is 0.000000450. The Morgan fingerprint density at radius 3 is 2.16 bits per heavy atom. The van der Waals surface area contributed by atoms with Gasteiger partial charge in [-0.1, -0.05) is 19.1 Å². The van der Waals surface area contributed by atoms with Gasteiger partial charge in [-0.05, 0) is 25.1 Å². The highest BCUT2D eigenvalue weighted by Crippen LogP contribution is 2.15. The lowest BCUT2D eigenvalue weighted by molar-refractivity contribution is -0.159. The van der Waals surface area contributed by atoms with Gasteiger partial charge in [0.05, 0.1) is 6.61 Å². The summed E-state index contributed by atoms with van der Waals surface area (Å²) in [6.07, 6.45) is 0.945. The molecule has 0 unspecified atom stereocenters. The molecule has 8 heteroatoms. The molecule has 0 aliphatic carbocycles. The molecule has 0 bridgehead atoms. The molecule has 0 atom stereocenters. The Morgan fingerprint density at radius 1 is 1.08 bits per heavy atom. The second-order valence-electron chi connectivity index (χ2n) is 5.52. The van der Waals surface area contributed by atoms with Crippen LogP contribution in [-0.4, -0.2) is 77.8 Å². The minimum absolute atomic E-state index is 0.279. The highest BCUT2D eigenvalue weighted by molar-refractivity contribution is 6.27. The van der Waals surface area contributed by atoms with Crippen LogP contribution in [-0.2, 0) is 9.59 Å². The molecular formula is C17H25FN2O5. The maximum absolute atomic E-state index is 13.3. The molecule has 0 amide bonds. The van der Waals surface area contributed by atoms with E-state index in [0.29, 0.717) is 12.4 Å². The maximum Gasteiger partial charge on any atom is 0.414 e. The van der Waals surface area contributed by atoms with Crippen LogP contribution in [0.4, 0.5) is 4.39 Å². The molecule has 0 aromatic heterocycles. The van der Waals surface area contributed by atoms with Crippen molar-refractivity contribution in [1.29, 1.82) is 0 Å². The molecule has 1 heterocycles. The van der Waals surface area contributed by atoms with Gasteiger partial charge in [-0.3, -0.25) is 0 Å². The largest absolute Gasteiger partial charge is 0.490 e. The molecular weight excluding hydrogens is 331 g/mol. The zero-order valence-corrected chi connectivity index (χ0v) is 14.4. The lowest BCUT2D eigenvalue weighted by Gasteiger charge is -2.33. The van der Waals surface area contributed by atoms with Gasteiger partial charge >= 0.3 is 11.9 Å². The predicted octanol–water partition coefficient (Wildman–Crippen LogP) is 1.39. The summed E-state index contributed by atoms with van der Waals surface area (Å²) < 4.78 is 18.8. The number of piperazine rings is 1. The van der Waals surface area contributed by atoms with Crippen molar-refractivity contribution in [3.8, 4) is 5.75 Å². The number of carbonyl (C=O) groups is 2. The number of rotatable bonds is 6. The normalized spacial score (nSPS) is 15.1. The monoisotopic (exact) mass is 356 g/mol. The summed E-state index contributed by atoms with van der Waals surface area (Å²) in [4.78, 5) is 23.1. The van der Waals surface area contributed by atoms with E-state index >= 15 is 0 Å². The molecule has 1 saturated heterocycles. The maximum atomic E-state index is 13.3. The van der Waals surface area contributed by atoms with Crippen molar-refractivity contribution in [2.45, 2.75) is 13.3 Å². The molecule has 0 spiro atoms. The molecule has 1 aromatic rings. The first-order chi connectivity index (χ1) is 11.9. The zero-order valence-electron chi connectivity index (χ0n) is 14.4. The molecule has 25 heavy (non-hydrogen) atoms. The van der Waals surface area contributed by atoms with Crippen LogP contribution >= 0.6 is 0 Å². The van der Waals surface area contributed by atoms with Crippen LogP contribution < -0.4 is 4.74 Å². The van der Waals surface area contributed by atoms with Gasteiger partial charge in [-0.2, -0.15) is 0 Å². The van der Waals surface area contributed by atoms with E-state index in [9.17, 15) is 4.39 Å². The molecule has 2 rings (SSSR count). The summed E-state index contributed by atoms with van der Waals surface area (Å²) in [5.41, 5.74) is 0. The van der Waals surface area contributed by atoms with E-state index in [1.807, 2.05) is 0 Å². The van der Waals surface area contributed by atoms with Gasteiger partial charge < -0.3 is 24.7 Å². The topological polar surface area (TPSA) is 90.3 Å². The van der Waals surface area contributed by atoms with E-state index in [4.69, 9.17) is 24.5 Å². The number of hydrogen-bond donors (Lipinski definition) is 2. The first-order valence-corrected chi connectivity index (χ1v) is 8.22. The fraction of sp³-hybridized carbons (Fsp3) is 0.529. The van der Waals surface area contributed by atoms with E-state index in [1.165, 1.54) is 6.07 Å². The minimum Gasteiger partial charge on any atom is -0.490 e. The standard InChI is InChI=1S/C15H23FN2O.C2H2O4/c1-2-17-9-11-18(12-10-17)8-5-13-19-15-7-4-3-6-14(15)16;3-1(4)2(5)6/h3-4,6-7H,2,5,8-13H2,1H3;(H,3,4)(H,5,6). The highest BCUT2D eigenvalue weighted by atomic mass is 19.1. The fourth-order valence-electron chi connectivity index (χ4n) is 2.36. The molecule has 1 fully saturated rings. The first-order valence-electron chi connectivity index (χ1n) is 8.22. The number of aliphatic carboxylic acids is 2. The number of benzene rings is 1. The smallest absolute Gasteiger partial charge is 0.414 e. The van der Waals surface area contributed by atoms with Crippen LogP contribution in [0.25, 0.3) is 0 Å². The molecule has 1 aromatic carbocycles. The molecule has 2 N–H and O–H groups in total. The van der Waals surface area contributed by atoms with Crippen molar-refractivity contribution in [2.75, 3.05) is 45.9 Å². The van der Waals surface area contributed by atoms with Gasteiger partial charge in [0.15, 0.2) is 11.6 Å². The Bertz CT molecular complexity index is 536. The van der Waals surface area contributed by atoms with E-state index in [0.717, 1.165) is 45.7 Å². The first kappa shape index (κ1) is 20.9. The number of ether oxygens (including phenoxy) is 1. The molecule has 140 valence electrons. The second kappa shape index (κ2) is 11.4. The lowest BCUT2D eigenvalue weighted by Crippen LogP contribution is -2.46. The zero-order chi connectivity index (χ0) is 18.7. The van der Waals surface area contributed by atoms with Crippen molar-refractivity contribution in [2.24, 2.45) is 0 Å². The van der Waals surface area contributed by atoms with E-state index in [1.54, 1.807) is 18.2 Å². The third-order valence-electron chi connectivity index (χ3n) is 3.81. The second-order valence-corrected chi connectivity index (χ2v) is 5.52. The predicted molar refractivity (Wildman–Crippen MR) is 90.3 cm³/mol. The number of carboxylic acids is 2. The minimum atomic E-state index is -1.82. The molecule has 1 aliphatic rings. The Morgan fingerprint density at radius 2 is 1.64 bits per heavy atom. The summed E-state index contributed by atoms with van der Waals surface area (Å²) >= 11 is 0. The summed E-state index contributed by atoms with van der Waals surface area (Å²) in [6.45, 7) is 9.54. The van der Waals surface area contributed by atoms with Gasteiger partial charge in [-0.15, -0.1) is 0 Å². The van der Waals surface area contributed by atoms with Crippen molar-refractivity contribution in [3.05, 3.63) is 30.1 Å². The van der Waals surface area contributed by atoms with Crippen LogP contribution in [0.5, 0.6) is 5.75 Å². The molecule has 0 radical (unpaired) electrons. The van der Waals surface area contributed by atoms with Crippen LogP contribution in [0.15, 0.2) is 24.3 Å². The third kappa shape index (κ3) is 8.46. The Hall–Kier alpha value is -2.19. The highest BCUT2D eigenvalue weighted by Gasteiger charge is 2.14. The molecule has 7 nitrogen and oxygen atoms in total. The summed E-state index contributed by atoms with van der Waals surface area (Å²) in [5, 5.41) is 14.8. The summed E-state index contributed by atoms with van der Waals surface area (Å²) in [7, 11) is 0. The summed E-state index contributed by atoms with van der Waals surface area (Å²) in [5.74, 6) is -3.57. The number of hydrogen-bond acceptors (Lipinski definition) is 5. The van der Waals surface area contributed by atoms with Gasteiger partial charge in [0, 0.05) is 32.7 Å². The van der Waals surface area contributed by atoms with Crippen molar-refractivity contribution < 1.29 is 28.9 Å². The lowest BCUT2D eigenvalue weighted by atomic mass is 10.3. The summed E-state index contributed by atoms with van der Waals surface area (Å²) in [6, 6.07) is 6.58. The van der Waals surface area contributed by atoms with Crippen molar-refractivity contribution in [1.82, 2.24) is 9.80 Å². The van der Waals surface area contributed by atoms with Crippen molar-refractivity contribution >= 4 is 11.9 Å².